The molecule has 0 saturated carbocycles. The third-order valence-electron chi connectivity index (χ3n) is 3.36. The number of benzene rings is 1. The van der Waals surface area contributed by atoms with Gasteiger partial charge in [0.25, 0.3) is 5.69 Å². The van der Waals surface area contributed by atoms with Crippen molar-refractivity contribution in [2.45, 2.75) is 32.4 Å². The van der Waals surface area contributed by atoms with Gasteiger partial charge in [-0.3, -0.25) is 10.1 Å². The summed E-state index contributed by atoms with van der Waals surface area (Å²) < 4.78 is 2.60. The fourth-order valence-corrected chi connectivity index (χ4v) is 2.43. The van der Waals surface area contributed by atoms with Crippen LogP contribution in [0.3, 0.4) is 0 Å². The van der Waals surface area contributed by atoms with Crippen LogP contribution in [0, 0.1) is 10.1 Å². The third-order valence-corrected chi connectivity index (χ3v) is 3.85. The largest absolute Gasteiger partial charge is 0.330 e. The molecule has 1 atom stereocenters. The second-order valence-corrected chi connectivity index (χ2v) is 5.79. The van der Waals surface area contributed by atoms with E-state index in [0.717, 1.165) is 12.2 Å². The zero-order valence-corrected chi connectivity index (χ0v) is 13.3. The summed E-state index contributed by atoms with van der Waals surface area (Å²) in [7, 11) is 0. The van der Waals surface area contributed by atoms with Crippen LogP contribution >= 0.6 is 15.9 Å². The molecule has 1 unspecified atom stereocenters. The molecule has 2 rings (SSSR count). The molecule has 0 aliphatic rings. The molecule has 1 aromatic carbocycles. The average Bonchev–Trinajstić information content (AvgIpc) is 2.87. The minimum Gasteiger partial charge on any atom is -0.330 e. The molecular weight excluding hydrogens is 336 g/mol. The van der Waals surface area contributed by atoms with Gasteiger partial charge < -0.3 is 10.3 Å². The van der Waals surface area contributed by atoms with Crippen LogP contribution in [-0.2, 0) is 13.0 Å². The van der Waals surface area contributed by atoms with E-state index in [1.165, 1.54) is 6.07 Å². The molecule has 0 spiro atoms. The van der Waals surface area contributed by atoms with Crippen molar-refractivity contribution in [1.82, 2.24) is 9.55 Å². The molecule has 0 amide bonds. The van der Waals surface area contributed by atoms with Crippen LogP contribution in [0.25, 0.3) is 0 Å². The van der Waals surface area contributed by atoms with Gasteiger partial charge in [-0.05, 0) is 18.6 Å². The van der Waals surface area contributed by atoms with Crippen molar-refractivity contribution >= 4 is 21.6 Å². The van der Waals surface area contributed by atoms with E-state index in [1.807, 2.05) is 17.7 Å². The number of nitrogens with two attached hydrogens (primary N) is 1. The highest BCUT2D eigenvalue weighted by molar-refractivity contribution is 9.10. The second kappa shape index (κ2) is 6.82. The fourth-order valence-electron chi connectivity index (χ4n) is 2.08. The standard InChI is InChI=1S/C14H17BrN4O2/c1-2-12(16)8-14-17-5-6-18(14)9-10-3-4-11(15)7-13(10)19(20)21/h3-7,12H,2,8-9,16H2,1H3. The number of nitro benzene ring substituents is 1. The summed E-state index contributed by atoms with van der Waals surface area (Å²) in [6.45, 7) is 2.44. The highest BCUT2D eigenvalue weighted by Gasteiger charge is 2.16. The van der Waals surface area contributed by atoms with E-state index < -0.39 is 0 Å². The first-order chi connectivity index (χ1) is 10.0. The van der Waals surface area contributed by atoms with Gasteiger partial charge in [-0.2, -0.15) is 0 Å². The molecule has 0 bridgehead atoms. The molecule has 21 heavy (non-hydrogen) atoms. The number of hydrogen-bond donors (Lipinski definition) is 1. The summed E-state index contributed by atoms with van der Waals surface area (Å²) in [5.74, 6) is 0.849. The van der Waals surface area contributed by atoms with Crippen molar-refractivity contribution in [3.63, 3.8) is 0 Å². The normalized spacial score (nSPS) is 12.3. The van der Waals surface area contributed by atoms with Gasteiger partial charge in [0.15, 0.2) is 0 Å². The molecule has 0 radical (unpaired) electrons. The van der Waals surface area contributed by atoms with E-state index in [9.17, 15) is 10.1 Å². The Hall–Kier alpha value is -1.73. The smallest absolute Gasteiger partial charge is 0.275 e. The Morgan fingerprint density at radius 1 is 1.52 bits per heavy atom. The topological polar surface area (TPSA) is 87.0 Å². The molecule has 112 valence electrons. The summed E-state index contributed by atoms with van der Waals surface area (Å²) >= 11 is 3.26. The number of rotatable bonds is 6. The first-order valence-corrected chi connectivity index (χ1v) is 7.49. The maximum absolute atomic E-state index is 11.2. The Bertz CT molecular complexity index is 642. The number of nitro groups is 1. The van der Waals surface area contributed by atoms with Crippen LogP contribution in [0.15, 0.2) is 35.1 Å². The zero-order valence-electron chi connectivity index (χ0n) is 11.7. The number of imidazole rings is 1. The molecule has 6 nitrogen and oxygen atoms in total. The SMILES string of the molecule is CCC(N)Cc1nccn1Cc1ccc(Br)cc1[N+](=O)[O-]. The summed E-state index contributed by atoms with van der Waals surface area (Å²) in [4.78, 5) is 15.1. The number of hydrogen-bond acceptors (Lipinski definition) is 4. The van der Waals surface area contributed by atoms with Gasteiger partial charge in [-0.25, -0.2) is 4.98 Å². The van der Waals surface area contributed by atoms with Crippen molar-refractivity contribution in [3.8, 4) is 0 Å². The lowest BCUT2D eigenvalue weighted by Gasteiger charge is -2.11. The third kappa shape index (κ3) is 3.89. The maximum atomic E-state index is 11.2. The highest BCUT2D eigenvalue weighted by atomic mass is 79.9. The number of aromatic nitrogens is 2. The minimum atomic E-state index is -0.367. The van der Waals surface area contributed by atoms with Crippen LogP contribution in [0.5, 0.6) is 0 Å². The zero-order chi connectivity index (χ0) is 15.4. The summed E-state index contributed by atoms with van der Waals surface area (Å²) in [6.07, 6.45) is 5.05. The quantitative estimate of drug-likeness (QED) is 0.639. The highest BCUT2D eigenvalue weighted by Crippen LogP contribution is 2.24. The van der Waals surface area contributed by atoms with Crippen LogP contribution in [0.2, 0.25) is 0 Å². The molecule has 1 aromatic heterocycles. The van der Waals surface area contributed by atoms with Crippen molar-refractivity contribution in [2.75, 3.05) is 0 Å². The fraction of sp³-hybridized carbons (Fsp3) is 0.357. The number of nitrogens with zero attached hydrogens (tertiary/aromatic N) is 3. The van der Waals surface area contributed by atoms with Gasteiger partial charge in [-0.1, -0.05) is 22.9 Å². The first-order valence-electron chi connectivity index (χ1n) is 6.69. The minimum absolute atomic E-state index is 0.0473. The first kappa shape index (κ1) is 15.7. The van der Waals surface area contributed by atoms with Gasteiger partial charge in [0, 0.05) is 41.0 Å². The Balaban J connectivity index is 2.27. The lowest BCUT2D eigenvalue weighted by Crippen LogP contribution is -2.23. The molecule has 2 N–H and O–H groups in total. The molecule has 1 heterocycles. The predicted octanol–water partition coefficient (Wildman–Crippen LogP) is 2.88. The van der Waals surface area contributed by atoms with E-state index in [1.54, 1.807) is 18.3 Å². The predicted molar refractivity (Wildman–Crippen MR) is 84.1 cm³/mol. The van der Waals surface area contributed by atoms with Crippen molar-refractivity contribution < 1.29 is 4.92 Å². The summed E-state index contributed by atoms with van der Waals surface area (Å²) in [5, 5.41) is 11.2. The van der Waals surface area contributed by atoms with Gasteiger partial charge >= 0.3 is 0 Å². The van der Waals surface area contributed by atoms with E-state index >= 15 is 0 Å². The Morgan fingerprint density at radius 3 is 2.95 bits per heavy atom. The van der Waals surface area contributed by atoms with Crippen molar-refractivity contribution in [2.24, 2.45) is 5.73 Å². The van der Waals surface area contributed by atoms with Crippen LogP contribution in [0.4, 0.5) is 5.69 Å². The van der Waals surface area contributed by atoms with Gasteiger partial charge in [0.05, 0.1) is 11.5 Å². The second-order valence-electron chi connectivity index (χ2n) is 4.87. The van der Waals surface area contributed by atoms with Gasteiger partial charge in [0.2, 0.25) is 0 Å². The van der Waals surface area contributed by atoms with Gasteiger partial charge in [-0.15, -0.1) is 0 Å². The monoisotopic (exact) mass is 352 g/mol. The lowest BCUT2D eigenvalue weighted by atomic mass is 10.1. The molecule has 0 fully saturated rings. The Kier molecular flexibility index (Phi) is 5.08. The Morgan fingerprint density at radius 2 is 2.29 bits per heavy atom. The molecule has 0 aliphatic heterocycles. The molecule has 0 saturated heterocycles. The lowest BCUT2D eigenvalue weighted by molar-refractivity contribution is -0.385. The maximum Gasteiger partial charge on any atom is 0.275 e. The van der Waals surface area contributed by atoms with Crippen LogP contribution in [-0.4, -0.2) is 20.5 Å². The number of halogens is 1. The van der Waals surface area contributed by atoms with Gasteiger partial charge in [0.1, 0.15) is 5.82 Å². The molecule has 7 heteroatoms. The Labute approximate surface area is 131 Å². The van der Waals surface area contributed by atoms with Crippen LogP contribution < -0.4 is 5.73 Å². The van der Waals surface area contributed by atoms with E-state index in [0.29, 0.717) is 23.0 Å². The molecule has 0 aliphatic carbocycles. The average molecular weight is 353 g/mol. The van der Waals surface area contributed by atoms with Crippen molar-refractivity contribution in [3.05, 3.63) is 56.6 Å². The van der Waals surface area contributed by atoms with Crippen molar-refractivity contribution in [1.29, 1.82) is 0 Å². The summed E-state index contributed by atoms with van der Waals surface area (Å²) in [6, 6.07) is 5.12. The molecule has 2 aromatic rings. The molecular formula is C14H17BrN4O2. The van der Waals surface area contributed by atoms with E-state index in [2.05, 4.69) is 20.9 Å². The summed E-state index contributed by atoms with van der Waals surface area (Å²) in [5.41, 5.74) is 6.70. The van der Waals surface area contributed by atoms with Crippen LogP contribution in [0.1, 0.15) is 24.7 Å². The van der Waals surface area contributed by atoms with E-state index in [4.69, 9.17) is 5.73 Å². The van der Waals surface area contributed by atoms with E-state index in [-0.39, 0.29) is 16.7 Å².